The molecule has 17 heavy (non-hydrogen) atoms. The van der Waals surface area contributed by atoms with E-state index in [4.69, 9.17) is 0 Å². The van der Waals surface area contributed by atoms with Crippen molar-refractivity contribution in [2.24, 2.45) is 5.92 Å². The molecule has 0 bridgehead atoms. The molecule has 0 spiro atoms. The Morgan fingerprint density at radius 3 is 2.88 bits per heavy atom. The molecule has 5 nitrogen and oxygen atoms in total. The molecule has 0 aromatic carbocycles. The fourth-order valence-corrected chi connectivity index (χ4v) is 2.79. The van der Waals surface area contributed by atoms with Gasteiger partial charge in [0.15, 0.2) is 0 Å². The Balaban J connectivity index is 1.99. The minimum absolute atomic E-state index is 0.0316. The molecule has 0 aliphatic carbocycles. The van der Waals surface area contributed by atoms with E-state index >= 15 is 0 Å². The van der Waals surface area contributed by atoms with Crippen molar-refractivity contribution in [1.82, 2.24) is 9.80 Å². The maximum absolute atomic E-state index is 12.3. The predicted octanol–water partition coefficient (Wildman–Crippen LogP) is -0.162. The number of hydrogen-bond acceptors (Lipinski definition) is 3. The highest BCUT2D eigenvalue weighted by Crippen LogP contribution is 2.24. The van der Waals surface area contributed by atoms with Gasteiger partial charge < -0.3 is 14.9 Å². The van der Waals surface area contributed by atoms with Crippen LogP contribution in [0, 0.1) is 5.92 Å². The fourth-order valence-electron chi connectivity index (χ4n) is 2.79. The summed E-state index contributed by atoms with van der Waals surface area (Å²) < 4.78 is 0. The van der Waals surface area contributed by atoms with Gasteiger partial charge in [0.2, 0.25) is 11.8 Å². The summed E-state index contributed by atoms with van der Waals surface area (Å²) in [5.74, 6) is -0.0777. The molecule has 96 valence electrons. The van der Waals surface area contributed by atoms with Gasteiger partial charge in [-0.15, -0.1) is 0 Å². The van der Waals surface area contributed by atoms with Gasteiger partial charge in [-0.2, -0.15) is 0 Å². The van der Waals surface area contributed by atoms with Crippen molar-refractivity contribution in [2.45, 2.75) is 32.2 Å². The maximum Gasteiger partial charge on any atom is 0.228 e. The number of likely N-dealkylation sites (tertiary alicyclic amines) is 2. The maximum atomic E-state index is 12.3. The van der Waals surface area contributed by atoms with Gasteiger partial charge in [-0.25, -0.2) is 0 Å². The first kappa shape index (κ1) is 12.4. The van der Waals surface area contributed by atoms with Crippen LogP contribution in [0.4, 0.5) is 0 Å². The lowest BCUT2D eigenvalue weighted by Crippen LogP contribution is -2.42. The van der Waals surface area contributed by atoms with Crippen molar-refractivity contribution in [1.29, 1.82) is 0 Å². The normalized spacial score (nSPS) is 29.2. The van der Waals surface area contributed by atoms with E-state index in [-0.39, 0.29) is 30.4 Å². The van der Waals surface area contributed by atoms with Gasteiger partial charge in [0, 0.05) is 26.1 Å². The van der Waals surface area contributed by atoms with Crippen LogP contribution >= 0.6 is 0 Å². The van der Waals surface area contributed by atoms with Crippen LogP contribution in [0.15, 0.2) is 0 Å². The average Bonchev–Trinajstić information content (AvgIpc) is 2.93. The topological polar surface area (TPSA) is 60.9 Å². The molecule has 5 heteroatoms. The van der Waals surface area contributed by atoms with Crippen molar-refractivity contribution >= 4 is 11.8 Å². The van der Waals surface area contributed by atoms with Gasteiger partial charge in [-0.1, -0.05) is 0 Å². The standard InChI is InChI=1S/C12H20N2O3/c1-2-13-7-9(6-11(13)16)12(17)14-5-3-4-10(14)8-15/h9-10,15H,2-8H2,1H3. The van der Waals surface area contributed by atoms with Crippen molar-refractivity contribution in [3.8, 4) is 0 Å². The molecule has 0 saturated carbocycles. The lowest BCUT2D eigenvalue weighted by Gasteiger charge is -2.25. The third-order valence-electron chi connectivity index (χ3n) is 3.82. The molecule has 2 rings (SSSR count). The number of aliphatic hydroxyl groups excluding tert-OH is 1. The highest BCUT2D eigenvalue weighted by atomic mass is 16.3. The second-order valence-electron chi connectivity index (χ2n) is 4.84. The van der Waals surface area contributed by atoms with Crippen LogP contribution in [0.5, 0.6) is 0 Å². The van der Waals surface area contributed by atoms with Gasteiger partial charge >= 0.3 is 0 Å². The molecule has 2 heterocycles. The van der Waals surface area contributed by atoms with E-state index in [1.165, 1.54) is 0 Å². The Labute approximate surface area is 101 Å². The predicted molar refractivity (Wildman–Crippen MR) is 62.2 cm³/mol. The summed E-state index contributed by atoms with van der Waals surface area (Å²) in [4.78, 5) is 27.3. The van der Waals surface area contributed by atoms with Crippen LogP contribution in [-0.4, -0.2) is 59.0 Å². The molecule has 2 saturated heterocycles. The van der Waals surface area contributed by atoms with Gasteiger partial charge in [-0.05, 0) is 19.8 Å². The van der Waals surface area contributed by atoms with Crippen LogP contribution in [-0.2, 0) is 9.59 Å². The molecular weight excluding hydrogens is 220 g/mol. The highest BCUT2D eigenvalue weighted by Gasteiger charge is 2.38. The summed E-state index contributed by atoms with van der Waals surface area (Å²) in [7, 11) is 0. The monoisotopic (exact) mass is 240 g/mol. The SMILES string of the molecule is CCN1CC(C(=O)N2CCCC2CO)CC1=O. The Bertz CT molecular complexity index is 319. The van der Waals surface area contributed by atoms with Crippen LogP contribution in [0.3, 0.4) is 0 Å². The molecule has 0 aromatic rings. The average molecular weight is 240 g/mol. The summed E-state index contributed by atoms with van der Waals surface area (Å²) in [6.07, 6.45) is 2.16. The number of amides is 2. The first-order valence-corrected chi connectivity index (χ1v) is 6.36. The van der Waals surface area contributed by atoms with Crippen LogP contribution < -0.4 is 0 Å². The molecule has 0 radical (unpaired) electrons. The number of nitrogens with zero attached hydrogens (tertiary/aromatic N) is 2. The smallest absolute Gasteiger partial charge is 0.228 e. The van der Waals surface area contributed by atoms with E-state index < -0.39 is 0 Å². The van der Waals surface area contributed by atoms with E-state index in [2.05, 4.69) is 0 Å². The van der Waals surface area contributed by atoms with Crippen LogP contribution in [0.2, 0.25) is 0 Å². The molecule has 2 aliphatic rings. The lowest BCUT2D eigenvalue weighted by molar-refractivity contribution is -0.137. The van der Waals surface area contributed by atoms with Crippen molar-refractivity contribution in [3.63, 3.8) is 0 Å². The second-order valence-corrected chi connectivity index (χ2v) is 4.84. The van der Waals surface area contributed by atoms with Crippen LogP contribution in [0.25, 0.3) is 0 Å². The zero-order chi connectivity index (χ0) is 12.4. The van der Waals surface area contributed by atoms with E-state index in [1.807, 2.05) is 6.92 Å². The quantitative estimate of drug-likeness (QED) is 0.745. The Morgan fingerprint density at radius 2 is 2.29 bits per heavy atom. The lowest BCUT2D eigenvalue weighted by atomic mass is 10.1. The number of aliphatic hydroxyl groups is 1. The summed E-state index contributed by atoms with van der Waals surface area (Å²) in [5.41, 5.74) is 0. The molecule has 0 aromatic heterocycles. The van der Waals surface area contributed by atoms with E-state index in [9.17, 15) is 14.7 Å². The highest BCUT2D eigenvalue weighted by molar-refractivity contribution is 5.89. The molecule has 2 aliphatic heterocycles. The summed E-state index contributed by atoms with van der Waals surface area (Å²) in [6.45, 7) is 3.90. The summed E-state index contributed by atoms with van der Waals surface area (Å²) >= 11 is 0. The Hall–Kier alpha value is -1.10. The first-order chi connectivity index (χ1) is 8.17. The Kier molecular flexibility index (Phi) is 3.66. The zero-order valence-electron chi connectivity index (χ0n) is 10.3. The second kappa shape index (κ2) is 5.04. The van der Waals surface area contributed by atoms with Gasteiger partial charge in [0.25, 0.3) is 0 Å². The van der Waals surface area contributed by atoms with Crippen LogP contribution in [0.1, 0.15) is 26.2 Å². The van der Waals surface area contributed by atoms with E-state index in [1.54, 1.807) is 9.80 Å². The molecular formula is C12H20N2O3. The fraction of sp³-hybridized carbons (Fsp3) is 0.833. The molecule has 2 amide bonds. The molecule has 2 unspecified atom stereocenters. The number of carbonyl (C=O) groups is 2. The number of hydrogen-bond donors (Lipinski definition) is 1. The van der Waals surface area contributed by atoms with Gasteiger partial charge in [0.1, 0.15) is 0 Å². The minimum Gasteiger partial charge on any atom is -0.394 e. The zero-order valence-corrected chi connectivity index (χ0v) is 10.3. The third-order valence-corrected chi connectivity index (χ3v) is 3.82. The van der Waals surface area contributed by atoms with E-state index in [0.717, 1.165) is 19.4 Å². The van der Waals surface area contributed by atoms with E-state index in [0.29, 0.717) is 19.5 Å². The minimum atomic E-state index is -0.199. The first-order valence-electron chi connectivity index (χ1n) is 6.36. The third kappa shape index (κ3) is 2.29. The Morgan fingerprint density at radius 1 is 1.53 bits per heavy atom. The number of rotatable bonds is 3. The van der Waals surface area contributed by atoms with Gasteiger partial charge in [0.05, 0.1) is 18.6 Å². The summed E-state index contributed by atoms with van der Waals surface area (Å²) in [6, 6.07) is -0.0340. The molecule has 2 atom stereocenters. The molecule has 2 fully saturated rings. The number of carbonyl (C=O) groups excluding carboxylic acids is 2. The van der Waals surface area contributed by atoms with Crippen molar-refractivity contribution in [3.05, 3.63) is 0 Å². The summed E-state index contributed by atoms with van der Waals surface area (Å²) in [5, 5.41) is 9.21. The molecule has 1 N–H and O–H groups in total. The largest absolute Gasteiger partial charge is 0.394 e. The van der Waals surface area contributed by atoms with Crippen molar-refractivity contribution < 1.29 is 14.7 Å². The van der Waals surface area contributed by atoms with Gasteiger partial charge in [-0.3, -0.25) is 9.59 Å². The van der Waals surface area contributed by atoms with Crippen molar-refractivity contribution in [2.75, 3.05) is 26.2 Å².